The molecule has 7 heteroatoms. The summed E-state index contributed by atoms with van der Waals surface area (Å²) in [5.74, 6) is -0.185. The Labute approximate surface area is 174 Å². The number of nitrogens with zero attached hydrogens (tertiary/aromatic N) is 1. The van der Waals surface area contributed by atoms with Crippen LogP contribution in [-0.2, 0) is 24.0 Å². The van der Waals surface area contributed by atoms with E-state index in [-0.39, 0.29) is 32.4 Å². The summed E-state index contributed by atoms with van der Waals surface area (Å²) >= 11 is 0. The molecular formula is C21H30ClN3O3. The number of aryl methyl sites for hydroxylation is 1. The Kier molecular flexibility index (Phi) is 7.46. The smallest absolute Gasteiger partial charge is 1.00 e. The first-order valence-corrected chi connectivity index (χ1v) is 10.2. The largest absolute Gasteiger partial charge is 1.00 e. The van der Waals surface area contributed by atoms with Gasteiger partial charge in [-0.2, -0.15) is 0 Å². The maximum Gasteiger partial charge on any atom is 1.00 e. The molecule has 3 heterocycles. The van der Waals surface area contributed by atoms with Crippen molar-refractivity contribution >= 4 is 5.91 Å². The standard InChI is InChI=1S/C21H29N3O3.ClH/c25-20-13-27-10-7-18(20)24-21(26)19-12-15(11-14-5-8-22-9-6-14)16-3-1-2-4-17(16)23-19;/h5,12,18,20,22,25H,1-4,6-11,13H2,(H,24,26);1H/t18-,20-;/m0./s1. The monoisotopic (exact) mass is 407 g/mol. The lowest BCUT2D eigenvalue weighted by Gasteiger charge is -2.28. The van der Waals surface area contributed by atoms with Gasteiger partial charge in [-0.3, -0.25) is 4.79 Å². The van der Waals surface area contributed by atoms with Gasteiger partial charge >= 0.3 is 1.43 Å². The normalized spacial score (nSPS) is 24.5. The molecule has 28 heavy (non-hydrogen) atoms. The van der Waals surface area contributed by atoms with E-state index in [1.807, 2.05) is 6.07 Å². The first-order chi connectivity index (χ1) is 13.2. The van der Waals surface area contributed by atoms with Crippen LogP contribution in [0.25, 0.3) is 0 Å². The number of carbonyl (C=O) groups excluding carboxylic acids is 1. The van der Waals surface area contributed by atoms with Crippen LogP contribution in [-0.4, -0.2) is 54.4 Å². The van der Waals surface area contributed by atoms with Crippen LogP contribution < -0.4 is 23.0 Å². The fraction of sp³-hybridized carbons (Fsp3) is 0.619. The number of aliphatic hydroxyl groups excluding tert-OH is 1. The number of hydrogen-bond donors (Lipinski definition) is 3. The summed E-state index contributed by atoms with van der Waals surface area (Å²) < 4.78 is 5.25. The van der Waals surface area contributed by atoms with Crippen molar-refractivity contribution in [2.75, 3.05) is 26.3 Å². The van der Waals surface area contributed by atoms with Gasteiger partial charge in [0.05, 0.1) is 18.8 Å². The SMILES string of the molecule is O=C(N[C@H]1CCOC[C@@H]1O)c1cc(CC2=CCNCC2)c2c(n1)CCCC2.[Cl-].[H+]. The van der Waals surface area contributed by atoms with E-state index in [9.17, 15) is 9.90 Å². The molecule has 0 radical (unpaired) electrons. The van der Waals surface area contributed by atoms with Crippen LogP contribution in [0.2, 0.25) is 0 Å². The third-order valence-corrected chi connectivity index (χ3v) is 5.84. The molecule has 1 amide bonds. The number of nitrogens with one attached hydrogen (secondary N) is 2. The average Bonchev–Trinajstić information content (AvgIpc) is 2.70. The van der Waals surface area contributed by atoms with Crippen LogP contribution in [0.3, 0.4) is 0 Å². The molecule has 2 aliphatic heterocycles. The lowest BCUT2D eigenvalue weighted by molar-refractivity contribution is -0.0261. The molecule has 1 saturated heterocycles. The van der Waals surface area contributed by atoms with E-state index in [4.69, 9.17) is 9.72 Å². The van der Waals surface area contributed by atoms with E-state index in [1.54, 1.807) is 0 Å². The molecule has 0 saturated carbocycles. The number of halogens is 1. The van der Waals surface area contributed by atoms with Gasteiger partial charge in [0.15, 0.2) is 0 Å². The number of fused-ring (bicyclic) bond motifs is 1. The molecule has 1 aliphatic carbocycles. The summed E-state index contributed by atoms with van der Waals surface area (Å²) in [5, 5.41) is 16.4. The van der Waals surface area contributed by atoms with Gasteiger partial charge in [-0.1, -0.05) is 11.6 Å². The quantitative estimate of drug-likeness (QED) is 0.525. The van der Waals surface area contributed by atoms with Crippen molar-refractivity contribution in [3.63, 3.8) is 0 Å². The molecule has 3 aliphatic rings. The molecule has 1 fully saturated rings. The van der Waals surface area contributed by atoms with Crippen LogP contribution in [0.1, 0.15) is 54.4 Å². The van der Waals surface area contributed by atoms with Gasteiger partial charge in [-0.15, -0.1) is 0 Å². The van der Waals surface area contributed by atoms with Gasteiger partial charge in [0.2, 0.25) is 0 Å². The zero-order chi connectivity index (χ0) is 18.6. The zero-order valence-corrected chi connectivity index (χ0v) is 16.9. The van der Waals surface area contributed by atoms with Gasteiger partial charge in [-0.25, -0.2) is 4.98 Å². The van der Waals surface area contributed by atoms with E-state index in [0.717, 1.165) is 50.9 Å². The number of ether oxygens (including phenoxy) is 1. The first kappa shape index (κ1) is 21.2. The number of amides is 1. The van der Waals surface area contributed by atoms with Crippen LogP contribution in [0.15, 0.2) is 17.7 Å². The molecule has 0 aromatic carbocycles. The average molecular weight is 408 g/mol. The summed E-state index contributed by atoms with van der Waals surface area (Å²) in [6.07, 6.45) is 8.56. The van der Waals surface area contributed by atoms with Gasteiger partial charge in [0.1, 0.15) is 5.69 Å². The van der Waals surface area contributed by atoms with Crippen LogP contribution in [0.5, 0.6) is 0 Å². The van der Waals surface area contributed by atoms with Gasteiger partial charge in [0, 0.05) is 18.8 Å². The Bertz CT molecular complexity index is 744. The maximum absolute atomic E-state index is 12.8. The Morgan fingerprint density at radius 1 is 1.36 bits per heavy atom. The zero-order valence-electron chi connectivity index (χ0n) is 17.2. The predicted molar refractivity (Wildman–Crippen MR) is 104 cm³/mol. The van der Waals surface area contributed by atoms with Gasteiger partial charge < -0.3 is 32.9 Å². The fourth-order valence-electron chi connectivity index (χ4n) is 4.27. The highest BCUT2D eigenvalue weighted by Gasteiger charge is 2.27. The summed E-state index contributed by atoms with van der Waals surface area (Å²) in [6, 6.07) is 1.72. The molecule has 0 spiro atoms. The number of pyridine rings is 1. The number of aromatic nitrogens is 1. The van der Waals surface area contributed by atoms with E-state index >= 15 is 0 Å². The minimum absolute atomic E-state index is 0. The molecule has 6 nitrogen and oxygen atoms in total. The minimum Gasteiger partial charge on any atom is -1.00 e. The summed E-state index contributed by atoms with van der Waals surface area (Å²) in [4.78, 5) is 17.5. The molecule has 4 rings (SSSR count). The Morgan fingerprint density at radius 3 is 3.00 bits per heavy atom. The number of carbonyl (C=O) groups is 1. The van der Waals surface area contributed by atoms with Crippen molar-refractivity contribution in [1.82, 2.24) is 15.6 Å². The topological polar surface area (TPSA) is 83.5 Å². The number of rotatable bonds is 4. The molecule has 0 unspecified atom stereocenters. The van der Waals surface area contributed by atoms with Gasteiger partial charge in [-0.05, 0) is 68.7 Å². The van der Waals surface area contributed by atoms with Crippen molar-refractivity contribution in [2.45, 2.75) is 57.1 Å². The maximum atomic E-state index is 12.8. The second-order valence-electron chi connectivity index (χ2n) is 7.80. The highest BCUT2D eigenvalue weighted by molar-refractivity contribution is 5.93. The highest BCUT2D eigenvalue weighted by Crippen LogP contribution is 2.27. The lowest BCUT2D eigenvalue weighted by Crippen LogP contribution is -3.00. The predicted octanol–water partition coefficient (Wildman–Crippen LogP) is -1.58. The van der Waals surface area contributed by atoms with E-state index in [2.05, 4.69) is 16.7 Å². The van der Waals surface area contributed by atoms with E-state index in [0.29, 0.717) is 18.7 Å². The number of aliphatic hydroxyl groups is 1. The minimum atomic E-state index is -0.653. The second kappa shape index (κ2) is 9.83. The molecule has 3 N–H and O–H groups in total. The molecular weight excluding hydrogens is 378 g/mol. The summed E-state index contributed by atoms with van der Waals surface area (Å²) in [7, 11) is 0. The molecule has 2 atom stereocenters. The van der Waals surface area contributed by atoms with Crippen LogP contribution >= 0.6 is 0 Å². The molecule has 1 aromatic rings. The van der Waals surface area contributed by atoms with Crippen LogP contribution in [0.4, 0.5) is 0 Å². The van der Waals surface area contributed by atoms with Crippen molar-refractivity contribution < 1.29 is 28.5 Å². The Balaban J connectivity index is 0.00000150. The third kappa shape index (κ3) is 4.92. The molecule has 0 bridgehead atoms. The summed E-state index contributed by atoms with van der Waals surface area (Å²) in [6.45, 7) is 2.79. The highest BCUT2D eigenvalue weighted by atomic mass is 35.5. The van der Waals surface area contributed by atoms with Crippen molar-refractivity contribution in [1.29, 1.82) is 0 Å². The van der Waals surface area contributed by atoms with Crippen molar-refractivity contribution in [3.8, 4) is 0 Å². The first-order valence-electron chi connectivity index (χ1n) is 10.2. The molecule has 154 valence electrons. The van der Waals surface area contributed by atoms with Gasteiger partial charge in [0.25, 0.3) is 5.91 Å². The summed E-state index contributed by atoms with van der Waals surface area (Å²) in [5.41, 5.74) is 5.62. The van der Waals surface area contributed by atoms with Crippen molar-refractivity contribution in [3.05, 3.63) is 40.2 Å². The third-order valence-electron chi connectivity index (χ3n) is 5.84. The Morgan fingerprint density at radius 2 is 2.21 bits per heavy atom. The Hall–Kier alpha value is -1.47. The lowest BCUT2D eigenvalue weighted by atomic mass is 9.88. The second-order valence-corrected chi connectivity index (χ2v) is 7.80. The van der Waals surface area contributed by atoms with Crippen LogP contribution in [0, 0.1) is 0 Å². The van der Waals surface area contributed by atoms with Crippen molar-refractivity contribution in [2.24, 2.45) is 0 Å². The van der Waals surface area contributed by atoms with E-state index in [1.165, 1.54) is 23.1 Å². The number of hydrogen-bond acceptors (Lipinski definition) is 5. The molecule has 1 aromatic heterocycles. The fourth-order valence-corrected chi connectivity index (χ4v) is 4.27. The van der Waals surface area contributed by atoms with E-state index < -0.39 is 6.10 Å².